The predicted molar refractivity (Wildman–Crippen MR) is 58.6 cm³/mol. The Hall–Kier alpha value is -0.870. The first-order chi connectivity index (χ1) is 7.15. The van der Waals surface area contributed by atoms with Crippen molar-refractivity contribution in [2.75, 3.05) is 6.61 Å². The van der Waals surface area contributed by atoms with Crippen LogP contribution in [0.25, 0.3) is 0 Å². The molecule has 0 aliphatic heterocycles. The highest BCUT2D eigenvalue weighted by Crippen LogP contribution is 2.08. The third-order valence-corrected chi connectivity index (χ3v) is 2.59. The largest absolute Gasteiger partial charge is 0.390 e. The molecule has 1 aromatic heterocycles. The van der Waals surface area contributed by atoms with Crippen molar-refractivity contribution in [2.24, 2.45) is 7.05 Å². The molecular weight excluding hydrogens is 192 g/mol. The summed E-state index contributed by atoms with van der Waals surface area (Å²) in [5.74, 6) is 0. The lowest BCUT2D eigenvalue weighted by atomic mass is 10.1. The van der Waals surface area contributed by atoms with Crippen LogP contribution in [0.5, 0.6) is 0 Å². The second-order valence-corrected chi connectivity index (χ2v) is 3.71. The summed E-state index contributed by atoms with van der Waals surface area (Å²) in [4.78, 5) is 0. The van der Waals surface area contributed by atoms with Crippen molar-refractivity contribution in [1.29, 1.82) is 0 Å². The topological polar surface area (TPSA) is 47.3 Å². The van der Waals surface area contributed by atoms with Crippen molar-refractivity contribution in [1.82, 2.24) is 9.78 Å². The van der Waals surface area contributed by atoms with Crippen LogP contribution in [0.4, 0.5) is 0 Å². The highest BCUT2D eigenvalue weighted by Gasteiger charge is 2.14. The number of aryl methyl sites for hydroxylation is 2. The van der Waals surface area contributed by atoms with Gasteiger partial charge in [0, 0.05) is 25.5 Å². The molecule has 0 spiro atoms. The number of hydrogen-bond acceptors (Lipinski definition) is 3. The summed E-state index contributed by atoms with van der Waals surface area (Å²) in [6, 6.07) is 1.97. The molecule has 4 heteroatoms. The van der Waals surface area contributed by atoms with Crippen molar-refractivity contribution < 1.29 is 9.84 Å². The van der Waals surface area contributed by atoms with Crippen LogP contribution in [0.2, 0.25) is 0 Å². The molecule has 1 heterocycles. The Balaban J connectivity index is 2.34. The molecule has 2 unspecified atom stereocenters. The molecule has 0 bridgehead atoms. The smallest absolute Gasteiger partial charge is 0.0805 e. The van der Waals surface area contributed by atoms with Gasteiger partial charge in [0.05, 0.1) is 12.2 Å². The Morgan fingerprint density at radius 3 is 2.87 bits per heavy atom. The zero-order chi connectivity index (χ0) is 11.3. The fourth-order valence-corrected chi connectivity index (χ4v) is 1.55. The lowest BCUT2D eigenvalue weighted by molar-refractivity contribution is -0.0246. The maximum atomic E-state index is 9.78. The molecule has 0 aliphatic rings. The maximum Gasteiger partial charge on any atom is 0.0805 e. The summed E-state index contributed by atoms with van der Waals surface area (Å²) in [5.41, 5.74) is 1.14. The molecule has 0 saturated heterocycles. The van der Waals surface area contributed by atoms with Crippen molar-refractivity contribution in [3.63, 3.8) is 0 Å². The van der Waals surface area contributed by atoms with E-state index in [0.29, 0.717) is 13.0 Å². The number of ether oxygens (including phenoxy) is 1. The van der Waals surface area contributed by atoms with Gasteiger partial charge >= 0.3 is 0 Å². The maximum absolute atomic E-state index is 9.78. The molecule has 0 saturated carbocycles. The summed E-state index contributed by atoms with van der Waals surface area (Å²) in [6.07, 6.45) is 2.81. The van der Waals surface area contributed by atoms with Crippen LogP contribution in [0, 0.1) is 0 Å². The minimum absolute atomic E-state index is 0.0942. The van der Waals surface area contributed by atoms with Crippen LogP contribution < -0.4 is 0 Å². The molecular formula is C11H20N2O2. The van der Waals surface area contributed by atoms with E-state index in [2.05, 4.69) is 5.10 Å². The number of rotatable bonds is 6. The summed E-state index contributed by atoms with van der Waals surface area (Å²) in [6.45, 7) is 4.48. The minimum atomic E-state index is -0.403. The summed E-state index contributed by atoms with van der Waals surface area (Å²) in [5, 5.41) is 13.9. The van der Waals surface area contributed by atoms with E-state index in [1.807, 2.05) is 31.6 Å². The predicted octanol–water partition coefficient (Wildman–Crippen LogP) is 1.14. The molecule has 4 nitrogen and oxygen atoms in total. The Labute approximate surface area is 90.9 Å². The first-order valence-electron chi connectivity index (χ1n) is 5.41. The third kappa shape index (κ3) is 3.64. The van der Waals surface area contributed by atoms with Gasteiger partial charge in [-0.2, -0.15) is 5.10 Å². The van der Waals surface area contributed by atoms with Crippen LogP contribution in [-0.2, 0) is 18.2 Å². The van der Waals surface area contributed by atoms with E-state index in [4.69, 9.17) is 4.74 Å². The highest BCUT2D eigenvalue weighted by molar-refractivity contribution is 5.00. The molecule has 2 atom stereocenters. The number of aliphatic hydroxyl groups excluding tert-OH is 1. The van der Waals surface area contributed by atoms with Crippen LogP contribution in [0.15, 0.2) is 12.3 Å². The van der Waals surface area contributed by atoms with Gasteiger partial charge in [0.2, 0.25) is 0 Å². The van der Waals surface area contributed by atoms with Gasteiger partial charge in [-0.25, -0.2) is 0 Å². The van der Waals surface area contributed by atoms with E-state index in [1.165, 1.54) is 0 Å². The summed E-state index contributed by atoms with van der Waals surface area (Å²) < 4.78 is 7.16. The lowest BCUT2D eigenvalue weighted by Crippen LogP contribution is -2.26. The third-order valence-electron chi connectivity index (χ3n) is 2.59. The van der Waals surface area contributed by atoms with Gasteiger partial charge in [-0.05, 0) is 32.8 Å². The Bertz CT molecular complexity index is 286. The van der Waals surface area contributed by atoms with Crippen molar-refractivity contribution >= 4 is 0 Å². The van der Waals surface area contributed by atoms with Crippen LogP contribution >= 0.6 is 0 Å². The molecule has 15 heavy (non-hydrogen) atoms. The van der Waals surface area contributed by atoms with Gasteiger partial charge < -0.3 is 9.84 Å². The van der Waals surface area contributed by atoms with Gasteiger partial charge in [-0.1, -0.05) is 0 Å². The average molecular weight is 212 g/mol. The Morgan fingerprint density at radius 2 is 2.33 bits per heavy atom. The number of hydrogen-bond donors (Lipinski definition) is 1. The van der Waals surface area contributed by atoms with Gasteiger partial charge in [0.25, 0.3) is 0 Å². The summed E-state index contributed by atoms with van der Waals surface area (Å²) in [7, 11) is 1.91. The fraction of sp³-hybridized carbons (Fsp3) is 0.727. The second kappa shape index (κ2) is 5.88. The Kier molecular flexibility index (Phi) is 4.78. The van der Waals surface area contributed by atoms with Gasteiger partial charge in [0.1, 0.15) is 0 Å². The zero-order valence-electron chi connectivity index (χ0n) is 9.68. The second-order valence-electron chi connectivity index (χ2n) is 3.71. The standard InChI is InChI=1S/C11H20N2O2/c1-4-15-9(2)11(14)6-5-10-7-8-12-13(10)3/h7-9,11,14H,4-6H2,1-3H3. The van der Waals surface area contributed by atoms with Gasteiger partial charge in [-0.15, -0.1) is 0 Å². The molecule has 0 amide bonds. The summed E-state index contributed by atoms with van der Waals surface area (Å²) >= 11 is 0. The zero-order valence-corrected chi connectivity index (χ0v) is 9.68. The minimum Gasteiger partial charge on any atom is -0.390 e. The lowest BCUT2D eigenvalue weighted by Gasteiger charge is -2.18. The van der Waals surface area contributed by atoms with Crippen molar-refractivity contribution in [3.8, 4) is 0 Å². The molecule has 0 aromatic carbocycles. The van der Waals surface area contributed by atoms with Crippen LogP contribution in [-0.4, -0.2) is 33.7 Å². The van der Waals surface area contributed by atoms with Gasteiger partial charge in [-0.3, -0.25) is 4.68 Å². The fourth-order valence-electron chi connectivity index (χ4n) is 1.55. The first-order valence-corrected chi connectivity index (χ1v) is 5.41. The Morgan fingerprint density at radius 1 is 1.60 bits per heavy atom. The molecule has 0 radical (unpaired) electrons. The van der Waals surface area contributed by atoms with E-state index < -0.39 is 6.10 Å². The normalized spacial score (nSPS) is 15.2. The van der Waals surface area contributed by atoms with E-state index in [9.17, 15) is 5.11 Å². The average Bonchev–Trinajstić information content (AvgIpc) is 2.61. The number of aromatic nitrogens is 2. The molecule has 1 N–H and O–H groups in total. The van der Waals surface area contributed by atoms with Crippen LogP contribution in [0.3, 0.4) is 0 Å². The quantitative estimate of drug-likeness (QED) is 0.769. The van der Waals surface area contributed by atoms with E-state index in [0.717, 1.165) is 12.1 Å². The monoisotopic (exact) mass is 212 g/mol. The molecule has 0 aliphatic carbocycles. The SMILES string of the molecule is CCOC(C)C(O)CCc1ccnn1C. The highest BCUT2D eigenvalue weighted by atomic mass is 16.5. The number of nitrogens with zero attached hydrogens (tertiary/aromatic N) is 2. The number of aliphatic hydroxyl groups is 1. The van der Waals surface area contributed by atoms with Gasteiger partial charge in [0.15, 0.2) is 0 Å². The molecule has 0 fully saturated rings. The van der Waals surface area contributed by atoms with E-state index in [-0.39, 0.29) is 6.10 Å². The van der Waals surface area contributed by atoms with Crippen molar-refractivity contribution in [2.45, 2.75) is 38.9 Å². The van der Waals surface area contributed by atoms with E-state index in [1.54, 1.807) is 6.20 Å². The molecule has 86 valence electrons. The first kappa shape index (κ1) is 12.2. The van der Waals surface area contributed by atoms with E-state index >= 15 is 0 Å². The molecule has 1 rings (SSSR count). The van der Waals surface area contributed by atoms with Crippen LogP contribution in [0.1, 0.15) is 26.0 Å². The molecule has 1 aromatic rings. The van der Waals surface area contributed by atoms with Crippen molar-refractivity contribution in [3.05, 3.63) is 18.0 Å².